The quantitative estimate of drug-likeness (QED) is 0.643. The summed E-state index contributed by atoms with van der Waals surface area (Å²) in [5.41, 5.74) is 4.30. The molecule has 0 unspecified atom stereocenters. The van der Waals surface area contributed by atoms with Gasteiger partial charge in [-0.05, 0) is 49.6 Å². The van der Waals surface area contributed by atoms with E-state index in [9.17, 15) is 13.6 Å². The van der Waals surface area contributed by atoms with Gasteiger partial charge in [0.25, 0.3) is 6.43 Å². The summed E-state index contributed by atoms with van der Waals surface area (Å²) in [5, 5.41) is 6.36. The van der Waals surface area contributed by atoms with Crippen molar-refractivity contribution >= 4 is 44.6 Å². The number of amides is 1. The largest absolute Gasteiger partial charge is 0.379 e. The number of aryl methyl sites for hydroxylation is 1. The normalized spacial score (nSPS) is 19.1. The van der Waals surface area contributed by atoms with Crippen molar-refractivity contribution in [3.05, 3.63) is 45.9 Å². The maximum atomic E-state index is 13.4. The number of hydrogen-bond acceptors (Lipinski definition) is 3. The Morgan fingerprint density at radius 3 is 2.85 bits per heavy atom. The van der Waals surface area contributed by atoms with Crippen LogP contribution in [-0.4, -0.2) is 18.5 Å². The number of nitrogens with one attached hydrogen (secondary N) is 2. The fourth-order valence-corrected chi connectivity index (χ4v) is 4.40. The predicted octanol–water partition coefficient (Wildman–Crippen LogP) is 5.61. The van der Waals surface area contributed by atoms with E-state index in [0.717, 1.165) is 47.7 Å². The highest BCUT2D eigenvalue weighted by atomic mass is 79.9. The first-order chi connectivity index (χ1) is 12.9. The molecular formula is C20H20BrF2N3O. The van der Waals surface area contributed by atoms with Crippen molar-refractivity contribution in [2.45, 2.75) is 38.7 Å². The Kier molecular flexibility index (Phi) is 4.80. The molecule has 0 aromatic heterocycles. The zero-order valence-electron chi connectivity index (χ0n) is 14.9. The molecule has 1 atom stereocenters. The molecule has 4 rings (SSSR count). The van der Waals surface area contributed by atoms with Crippen LogP contribution in [0.15, 0.2) is 34.8 Å². The zero-order chi connectivity index (χ0) is 19.1. The second-order valence-corrected chi connectivity index (χ2v) is 7.91. The third-order valence-corrected chi connectivity index (χ3v) is 5.73. The minimum Gasteiger partial charge on any atom is -0.379 e. The number of fused-ring (bicyclic) bond motifs is 2. The highest BCUT2D eigenvalue weighted by Gasteiger charge is 2.27. The van der Waals surface area contributed by atoms with E-state index in [1.807, 2.05) is 31.2 Å². The maximum absolute atomic E-state index is 13.4. The van der Waals surface area contributed by atoms with Gasteiger partial charge in [0.05, 0.1) is 17.1 Å². The van der Waals surface area contributed by atoms with Crippen LogP contribution in [0.5, 0.6) is 0 Å². The lowest BCUT2D eigenvalue weighted by molar-refractivity contribution is -0.116. The van der Waals surface area contributed by atoms with E-state index in [1.54, 1.807) is 6.07 Å². The Labute approximate surface area is 165 Å². The van der Waals surface area contributed by atoms with Crippen molar-refractivity contribution in [1.29, 1.82) is 0 Å². The molecule has 0 aliphatic carbocycles. The molecule has 0 saturated heterocycles. The third kappa shape index (κ3) is 3.40. The molecule has 4 nitrogen and oxygen atoms in total. The molecule has 2 aliphatic heterocycles. The highest BCUT2D eigenvalue weighted by molar-refractivity contribution is 9.10. The minimum atomic E-state index is -2.54. The van der Waals surface area contributed by atoms with E-state index in [4.69, 9.17) is 0 Å². The number of rotatable bonds is 2. The van der Waals surface area contributed by atoms with Crippen LogP contribution in [0.1, 0.15) is 37.3 Å². The molecule has 2 aliphatic rings. The van der Waals surface area contributed by atoms with E-state index >= 15 is 0 Å². The Balaban J connectivity index is 1.84. The molecule has 2 heterocycles. The zero-order valence-corrected chi connectivity index (χ0v) is 16.4. The molecule has 2 aromatic rings. The molecule has 0 spiro atoms. The van der Waals surface area contributed by atoms with Crippen molar-refractivity contribution in [2.75, 3.05) is 22.1 Å². The smallest absolute Gasteiger partial charge is 0.265 e. The lowest BCUT2D eigenvalue weighted by atomic mass is 9.98. The number of carbonyl (C=O) groups excluding carboxylic acids is 1. The van der Waals surface area contributed by atoms with Crippen LogP contribution in [0.3, 0.4) is 0 Å². The number of benzene rings is 2. The van der Waals surface area contributed by atoms with Crippen LogP contribution >= 0.6 is 15.9 Å². The number of nitrogens with zero attached hydrogens (tertiary/aromatic N) is 1. The van der Waals surface area contributed by atoms with Gasteiger partial charge >= 0.3 is 0 Å². The van der Waals surface area contributed by atoms with Gasteiger partial charge in [-0.15, -0.1) is 0 Å². The van der Waals surface area contributed by atoms with Gasteiger partial charge in [0.15, 0.2) is 0 Å². The van der Waals surface area contributed by atoms with Crippen molar-refractivity contribution in [1.82, 2.24) is 0 Å². The fraction of sp³-hybridized carbons (Fsp3) is 0.350. The second kappa shape index (κ2) is 7.11. The van der Waals surface area contributed by atoms with Gasteiger partial charge in [0.2, 0.25) is 5.91 Å². The summed E-state index contributed by atoms with van der Waals surface area (Å²) < 4.78 is 27.3. The summed E-state index contributed by atoms with van der Waals surface area (Å²) in [6.45, 7) is 2.69. The number of carbonyl (C=O) groups is 1. The van der Waals surface area contributed by atoms with Crippen molar-refractivity contribution in [3.63, 3.8) is 0 Å². The topological polar surface area (TPSA) is 44.4 Å². The first kappa shape index (κ1) is 18.2. The van der Waals surface area contributed by atoms with Crippen LogP contribution in [0, 0.1) is 0 Å². The Morgan fingerprint density at radius 1 is 1.26 bits per heavy atom. The van der Waals surface area contributed by atoms with Crippen LogP contribution < -0.4 is 15.5 Å². The second-order valence-electron chi connectivity index (χ2n) is 7.06. The van der Waals surface area contributed by atoms with Gasteiger partial charge < -0.3 is 15.5 Å². The monoisotopic (exact) mass is 435 g/mol. The Bertz CT molecular complexity index is 903. The number of anilines is 4. The van der Waals surface area contributed by atoms with Crippen LogP contribution in [-0.2, 0) is 11.2 Å². The molecule has 0 saturated carbocycles. The van der Waals surface area contributed by atoms with Crippen molar-refractivity contribution in [3.8, 4) is 0 Å². The molecule has 0 fully saturated rings. The molecular weight excluding hydrogens is 416 g/mol. The van der Waals surface area contributed by atoms with E-state index < -0.39 is 6.43 Å². The fourth-order valence-electron chi connectivity index (χ4n) is 3.83. The molecule has 27 heavy (non-hydrogen) atoms. The van der Waals surface area contributed by atoms with Gasteiger partial charge in [0.1, 0.15) is 0 Å². The number of halogens is 3. The molecule has 1 amide bonds. The van der Waals surface area contributed by atoms with Crippen LogP contribution in [0.4, 0.5) is 31.5 Å². The van der Waals surface area contributed by atoms with Crippen LogP contribution in [0.2, 0.25) is 0 Å². The predicted molar refractivity (Wildman–Crippen MR) is 107 cm³/mol. The van der Waals surface area contributed by atoms with Crippen LogP contribution in [0.25, 0.3) is 0 Å². The van der Waals surface area contributed by atoms with Crippen molar-refractivity contribution < 1.29 is 13.6 Å². The van der Waals surface area contributed by atoms with E-state index in [-0.39, 0.29) is 17.5 Å². The highest BCUT2D eigenvalue weighted by Crippen LogP contribution is 2.44. The first-order valence-electron chi connectivity index (χ1n) is 9.01. The SMILES string of the molecule is C[C@@H]1CC(=O)Nc2cccc(N3CCCc4cc(Br)c(C(F)F)cc43)c2N1. The van der Waals surface area contributed by atoms with Gasteiger partial charge in [-0.25, -0.2) is 8.78 Å². The van der Waals surface area contributed by atoms with Gasteiger partial charge in [0, 0.05) is 34.7 Å². The Hall–Kier alpha value is -2.15. The third-order valence-electron chi connectivity index (χ3n) is 5.04. The van der Waals surface area contributed by atoms with Gasteiger partial charge in [-0.1, -0.05) is 22.0 Å². The summed E-state index contributed by atoms with van der Waals surface area (Å²) in [6.07, 6.45) is -0.380. The number of para-hydroxylation sites is 1. The lowest BCUT2D eigenvalue weighted by Gasteiger charge is -2.34. The van der Waals surface area contributed by atoms with E-state index in [0.29, 0.717) is 10.9 Å². The molecule has 2 aromatic carbocycles. The maximum Gasteiger partial charge on any atom is 0.265 e. The summed E-state index contributed by atoms with van der Waals surface area (Å²) in [4.78, 5) is 14.1. The summed E-state index contributed by atoms with van der Waals surface area (Å²) in [7, 11) is 0. The summed E-state index contributed by atoms with van der Waals surface area (Å²) in [6, 6.07) is 9.09. The average molecular weight is 436 g/mol. The van der Waals surface area contributed by atoms with Gasteiger partial charge in [-0.3, -0.25) is 4.79 Å². The molecule has 142 valence electrons. The minimum absolute atomic E-state index is 0.00250. The summed E-state index contributed by atoms with van der Waals surface area (Å²) >= 11 is 3.28. The molecule has 7 heteroatoms. The van der Waals surface area contributed by atoms with Crippen molar-refractivity contribution in [2.24, 2.45) is 0 Å². The first-order valence-corrected chi connectivity index (χ1v) is 9.80. The number of alkyl halides is 2. The van der Waals surface area contributed by atoms with E-state index in [2.05, 4.69) is 31.5 Å². The van der Waals surface area contributed by atoms with E-state index in [1.165, 1.54) is 0 Å². The molecule has 0 radical (unpaired) electrons. The molecule has 0 bridgehead atoms. The van der Waals surface area contributed by atoms with Gasteiger partial charge in [-0.2, -0.15) is 0 Å². The molecule has 2 N–H and O–H groups in total. The standard InChI is InChI=1S/C20H20BrF2N3O/c1-11-8-18(27)25-15-5-2-6-16(19(15)24-11)26-7-3-4-12-9-14(21)13(20(22)23)10-17(12)26/h2,5-6,9-11,20,24H,3-4,7-8H2,1H3,(H,25,27)/t11-/m1/s1. The summed E-state index contributed by atoms with van der Waals surface area (Å²) in [5.74, 6) is -0.0335. The Morgan fingerprint density at radius 2 is 2.07 bits per heavy atom. The number of hydrogen-bond donors (Lipinski definition) is 2. The lowest BCUT2D eigenvalue weighted by Crippen LogP contribution is -2.26. The average Bonchev–Trinajstić information content (AvgIpc) is 2.76.